The van der Waals surface area contributed by atoms with Crippen molar-refractivity contribution in [3.8, 4) is 0 Å². The first kappa shape index (κ1) is 19.2. The molecule has 0 amide bonds. The summed E-state index contributed by atoms with van der Waals surface area (Å²) in [5, 5.41) is 0.506. The maximum Gasteiger partial charge on any atom is 0.638 e. The van der Waals surface area contributed by atoms with Gasteiger partial charge in [-0.05, 0) is 25.2 Å². The maximum atomic E-state index is 13.2. The normalized spacial score (nSPS) is 16.2. The van der Waals surface area contributed by atoms with E-state index in [0.717, 1.165) is 3.97 Å². The van der Waals surface area contributed by atoms with Gasteiger partial charge in [-0.2, -0.15) is 0 Å². The van der Waals surface area contributed by atoms with Crippen LogP contribution in [0.5, 0.6) is 0 Å². The molecule has 10 heteroatoms. The summed E-state index contributed by atoms with van der Waals surface area (Å²) in [5.41, 5.74) is 0.670. The average molecular weight is 412 g/mol. The molecule has 1 aliphatic rings. The molecule has 0 saturated carbocycles. The summed E-state index contributed by atoms with van der Waals surface area (Å²) in [4.78, 5) is 25.8. The van der Waals surface area contributed by atoms with Gasteiger partial charge in [0.2, 0.25) is 0 Å². The predicted octanol–water partition coefficient (Wildman–Crippen LogP) is 0.605. The zero-order chi connectivity index (χ0) is 20.6. The lowest BCUT2D eigenvalue weighted by atomic mass is 9.78. The van der Waals surface area contributed by atoms with Crippen molar-refractivity contribution in [1.29, 1.82) is 0 Å². The molecule has 0 spiro atoms. The number of hydrogen-bond donors (Lipinski definition) is 0. The fraction of sp³-hybridized carbons (Fsp3) is 0.158. The van der Waals surface area contributed by atoms with E-state index in [1.807, 2.05) is 0 Å². The number of rotatable bonds is 3. The van der Waals surface area contributed by atoms with Crippen LogP contribution in [0.2, 0.25) is 0 Å². The molecule has 3 aromatic rings. The van der Waals surface area contributed by atoms with Gasteiger partial charge in [-0.3, -0.25) is 14.5 Å². The zero-order valence-corrected chi connectivity index (χ0v) is 16.3. The minimum atomic E-state index is -3.91. The van der Waals surface area contributed by atoms with Crippen LogP contribution in [-0.4, -0.2) is 56.5 Å². The van der Waals surface area contributed by atoms with E-state index in [1.54, 1.807) is 49.5 Å². The van der Waals surface area contributed by atoms with Crippen LogP contribution in [0, 0.1) is 0 Å². The zero-order valence-electron chi connectivity index (χ0n) is 15.5. The molecule has 0 radical (unpaired) electrons. The predicted molar refractivity (Wildman–Crippen MR) is 106 cm³/mol. The lowest BCUT2D eigenvalue weighted by Crippen LogP contribution is -2.47. The lowest BCUT2D eigenvalue weighted by Gasteiger charge is -2.22. The summed E-state index contributed by atoms with van der Waals surface area (Å²) in [6.45, 7) is -0.154. The van der Waals surface area contributed by atoms with E-state index >= 15 is 0 Å². The number of fused-ring (bicyclic) bond motifs is 1. The van der Waals surface area contributed by atoms with E-state index in [1.165, 1.54) is 23.2 Å². The largest absolute Gasteiger partial charge is 0.638 e. The van der Waals surface area contributed by atoms with E-state index < -0.39 is 29.1 Å². The van der Waals surface area contributed by atoms with E-state index in [9.17, 15) is 18.0 Å². The molecule has 1 fully saturated rings. The Morgan fingerprint density at radius 3 is 2.14 bits per heavy atom. The molecule has 0 N–H and O–H groups in total. The summed E-state index contributed by atoms with van der Waals surface area (Å²) in [6.07, 6.45) is 1.34. The SMILES string of the molecule is CN1CC(=O)OB(c2cn(S(=O)(=O)c3ccccc3)c3ccccc23)OC(=O)C1. The molecule has 29 heavy (non-hydrogen) atoms. The number of hydrogen-bond acceptors (Lipinski definition) is 7. The second-order valence-electron chi connectivity index (χ2n) is 6.70. The van der Waals surface area contributed by atoms with E-state index in [-0.39, 0.29) is 23.4 Å². The van der Waals surface area contributed by atoms with Crippen LogP contribution >= 0.6 is 0 Å². The molecule has 4 rings (SSSR count). The third-order valence-electron chi connectivity index (χ3n) is 4.54. The Bertz CT molecular complexity index is 1170. The van der Waals surface area contributed by atoms with Crippen LogP contribution < -0.4 is 5.46 Å². The Balaban J connectivity index is 1.85. The van der Waals surface area contributed by atoms with Crippen LogP contribution in [0.15, 0.2) is 65.7 Å². The van der Waals surface area contributed by atoms with Gasteiger partial charge in [0.25, 0.3) is 10.0 Å². The Hall–Kier alpha value is -3.11. The topological polar surface area (TPSA) is 94.9 Å². The van der Waals surface area contributed by atoms with Crippen molar-refractivity contribution in [1.82, 2.24) is 8.87 Å². The summed E-state index contributed by atoms with van der Waals surface area (Å²) in [7, 11) is -3.64. The van der Waals surface area contributed by atoms with Crippen LogP contribution in [0.25, 0.3) is 10.9 Å². The number of nitrogens with zero attached hydrogens (tertiary/aromatic N) is 2. The first-order valence-corrected chi connectivity index (χ1v) is 10.3. The monoisotopic (exact) mass is 412 g/mol. The Labute approximate surface area is 167 Å². The fourth-order valence-electron chi connectivity index (χ4n) is 3.23. The molecule has 1 saturated heterocycles. The molecular formula is C19H17BN2O6S. The first-order valence-electron chi connectivity index (χ1n) is 8.84. The molecule has 0 atom stereocenters. The van der Waals surface area contributed by atoms with E-state index in [2.05, 4.69) is 0 Å². The quantitative estimate of drug-likeness (QED) is 0.582. The summed E-state index contributed by atoms with van der Waals surface area (Å²) < 4.78 is 38.1. The van der Waals surface area contributed by atoms with Gasteiger partial charge >= 0.3 is 19.1 Å². The van der Waals surface area contributed by atoms with Crippen LogP contribution in [0.1, 0.15) is 0 Å². The molecule has 1 aliphatic heterocycles. The second kappa shape index (κ2) is 7.38. The standard InChI is InChI=1S/C19H17BN2O6S/c1-21-12-18(23)27-20(28-19(24)13-21)16-11-22(17-10-6-5-9-15(16)17)29(25,26)14-7-3-2-4-8-14/h2-11H,12-13H2,1H3. The van der Waals surface area contributed by atoms with Crippen molar-refractivity contribution in [2.45, 2.75) is 4.90 Å². The van der Waals surface area contributed by atoms with Crippen LogP contribution in [0.3, 0.4) is 0 Å². The van der Waals surface area contributed by atoms with Gasteiger partial charge in [-0.1, -0.05) is 36.4 Å². The summed E-state index contributed by atoms with van der Waals surface area (Å²) in [5.74, 6) is -1.15. The molecular weight excluding hydrogens is 395 g/mol. The van der Waals surface area contributed by atoms with Crippen molar-refractivity contribution >= 4 is 45.4 Å². The highest BCUT2D eigenvalue weighted by Gasteiger charge is 2.37. The number of para-hydroxylation sites is 1. The number of carbonyl (C=O) groups excluding carboxylic acids is 2. The molecule has 2 heterocycles. The first-order chi connectivity index (χ1) is 13.9. The molecule has 0 aliphatic carbocycles. The van der Waals surface area contributed by atoms with Gasteiger partial charge in [-0.25, -0.2) is 12.4 Å². The van der Waals surface area contributed by atoms with Gasteiger partial charge in [0.15, 0.2) is 0 Å². The minimum Gasteiger partial charge on any atom is -0.494 e. The van der Waals surface area contributed by atoms with Crippen LogP contribution in [-0.2, 0) is 28.9 Å². The molecule has 0 bridgehead atoms. The molecule has 1 aromatic heterocycles. The van der Waals surface area contributed by atoms with Crippen molar-refractivity contribution in [3.63, 3.8) is 0 Å². The molecule has 2 aromatic carbocycles. The average Bonchev–Trinajstić information content (AvgIpc) is 3.07. The van der Waals surface area contributed by atoms with Crippen LogP contribution in [0.4, 0.5) is 0 Å². The van der Waals surface area contributed by atoms with Crippen molar-refractivity contribution in [3.05, 3.63) is 60.8 Å². The summed E-state index contributed by atoms with van der Waals surface area (Å²) >= 11 is 0. The Morgan fingerprint density at radius 2 is 1.48 bits per heavy atom. The van der Waals surface area contributed by atoms with Crippen molar-refractivity contribution in [2.24, 2.45) is 0 Å². The molecule has 8 nitrogen and oxygen atoms in total. The van der Waals surface area contributed by atoms with E-state index in [0.29, 0.717) is 10.9 Å². The van der Waals surface area contributed by atoms with E-state index in [4.69, 9.17) is 9.31 Å². The summed E-state index contributed by atoms with van der Waals surface area (Å²) in [6, 6.07) is 14.7. The lowest BCUT2D eigenvalue weighted by molar-refractivity contribution is -0.145. The highest BCUT2D eigenvalue weighted by atomic mass is 32.2. The third kappa shape index (κ3) is 3.64. The van der Waals surface area contributed by atoms with Gasteiger partial charge in [-0.15, -0.1) is 0 Å². The van der Waals surface area contributed by atoms with Gasteiger partial charge in [0.05, 0.1) is 23.5 Å². The van der Waals surface area contributed by atoms with Gasteiger partial charge in [0, 0.05) is 17.0 Å². The number of likely N-dealkylation sites (N-methyl/N-ethyl adjacent to an activating group) is 1. The molecule has 0 unspecified atom stereocenters. The minimum absolute atomic E-state index is 0.0768. The smallest absolute Gasteiger partial charge is 0.494 e. The maximum absolute atomic E-state index is 13.2. The Morgan fingerprint density at radius 1 is 0.897 bits per heavy atom. The third-order valence-corrected chi connectivity index (χ3v) is 6.23. The second-order valence-corrected chi connectivity index (χ2v) is 8.51. The van der Waals surface area contributed by atoms with Gasteiger partial charge < -0.3 is 9.31 Å². The van der Waals surface area contributed by atoms with Crippen molar-refractivity contribution in [2.75, 3.05) is 20.1 Å². The molecule has 148 valence electrons. The highest BCUT2D eigenvalue weighted by Crippen LogP contribution is 2.22. The fourth-order valence-corrected chi connectivity index (χ4v) is 4.63. The van der Waals surface area contributed by atoms with Gasteiger partial charge in [0.1, 0.15) is 0 Å². The van der Waals surface area contributed by atoms with Crippen molar-refractivity contribution < 1.29 is 27.3 Å². The highest BCUT2D eigenvalue weighted by molar-refractivity contribution is 7.90. The number of aromatic nitrogens is 1. The Kier molecular flexibility index (Phi) is 4.89. The number of carbonyl (C=O) groups is 2. The number of benzene rings is 2.